The zero-order valence-electron chi connectivity index (χ0n) is 15.4. The van der Waals surface area contributed by atoms with Gasteiger partial charge in [0.1, 0.15) is 16.9 Å². The molecule has 142 valence electrons. The van der Waals surface area contributed by atoms with Crippen LogP contribution in [0.3, 0.4) is 0 Å². The van der Waals surface area contributed by atoms with Crippen molar-refractivity contribution < 1.29 is 0 Å². The Kier molecular flexibility index (Phi) is 4.30. The Bertz CT molecular complexity index is 1380. The van der Waals surface area contributed by atoms with Gasteiger partial charge < -0.3 is 4.57 Å². The van der Waals surface area contributed by atoms with Gasteiger partial charge in [-0.15, -0.1) is 11.3 Å². The zero-order valence-corrected chi connectivity index (χ0v) is 17.0. The number of rotatable bonds is 3. The third-order valence-electron chi connectivity index (χ3n) is 4.79. The second-order valence-electron chi connectivity index (χ2n) is 6.66. The molecule has 0 aliphatic rings. The summed E-state index contributed by atoms with van der Waals surface area (Å²) in [5.74, 6) is 0.878. The van der Waals surface area contributed by atoms with Crippen molar-refractivity contribution in [2.45, 2.75) is 0 Å². The summed E-state index contributed by atoms with van der Waals surface area (Å²) < 4.78 is 4.16. The van der Waals surface area contributed by atoms with Crippen LogP contribution in [0, 0.1) is 0 Å². The van der Waals surface area contributed by atoms with Crippen molar-refractivity contribution in [1.29, 1.82) is 0 Å². The van der Waals surface area contributed by atoms with E-state index in [9.17, 15) is 4.79 Å². The van der Waals surface area contributed by atoms with Crippen molar-refractivity contribution in [3.8, 4) is 27.5 Å². The van der Waals surface area contributed by atoms with E-state index in [4.69, 9.17) is 11.6 Å². The number of fused-ring (bicyclic) bond motifs is 1. The first-order valence-corrected chi connectivity index (χ1v) is 10.1. The molecule has 5 nitrogen and oxygen atoms in total. The first kappa shape index (κ1) is 17.8. The lowest BCUT2D eigenvalue weighted by Gasteiger charge is -2.07. The number of benzene rings is 2. The van der Waals surface area contributed by atoms with Crippen molar-refractivity contribution in [3.63, 3.8) is 0 Å². The Labute approximate surface area is 175 Å². The average molecular weight is 419 g/mol. The second kappa shape index (κ2) is 6.99. The summed E-state index contributed by atoms with van der Waals surface area (Å²) in [6, 6.07) is 17.3. The summed E-state index contributed by atoms with van der Waals surface area (Å²) in [6.45, 7) is 0. The monoisotopic (exact) mass is 418 g/mol. The van der Waals surface area contributed by atoms with Gasteiger partial charge in [0.05, 0.1) is 11.2 Å². The summed E-state index contributed by atoms with van der Waals surface area (Å²) in [7, 11) is 1.95. The molecule has 0 aliphatic heterocycles. The quantitative estimate of drug-likeness (QED) is 0.406. The molecule has 2 aromatic carbocycles. The van der Waals surface area contributed by atoms with Gasteiger partial charge >= 0.3 is 0 Å². The minimum absolute atomic E-state index is 0.0787. The van der Waals surface area contributed by atoms with Crippen LogP contribution >= 0.6 is 22.9 Å². The molecular formula is C22H15ClN4OS. The first-order valence-electron chi connectivity index (χ1n) is 8.95. The van der Waals surface area contributed by atoms with E-state index in [2.05, 4.69) is 9.97 Å². The number of aromatic nitrogens is 4. The minimum atomic E-state index is -0.0787. The fourth-order valence-electron chi connectivity index (χ4n) is 3.27. The fourth-order valence-corrected chi connectivity index (χ4v) is 4.44. The molecule has 0 bridgehead atoms. The highest BCUT2D eigenvalue weighted by Crippen LogP contribution is 2.31. The van der Waals surface area contributed by atoms with Gasteiger partial charge in [0.15, 0.2) is 0 Å². The standard InChI is InChI=1S/C22H15ClN4OS/c1-26-11-10-24-21(26)15-4-8-17(9-5-15)27-13-25-18-12-19(29-20(18)22(27)28)14-2-6-16(23)7-3-14/h2-13H,1H3. The molecule has 0 amide bonds. The highest BCUT2D eigenvalue weighted by Gasteiger charge is 2.12. The molecule has 3 heterocycles. The van der Waals surface area contributed by atoms with Gasteiger partial charge in [0, 0.05) is 34.9 Å². The molecule has 0 atom stereocenters. The van der Waals surface area contributed by atoms with Crippen LogP contribution in [0.15, 0.2) is 78.1 Å². The maximum Gasteiger partial charge on any atom is 0.275 e. The molecule has 0 aliphatic carbocycles. The first-order chi connectivity index (χ1) is 14.1. The molecule has 0 radical (unpaired) electrons. The van der Waals surface area contributed by atoms with Gasteiger partial charge in [-0.05, 0) is 48.0 Å². The molecule has 5 aromatic rings. The lowest BCUT2D eigenvalue weighted by atomic mass is 10.2. The fraction of sp³-hybridized carbons (Fsp3) is 0.0455. The molecule has 29 heavy (non-hydrogen) atoms. The van der Waals surface area contributed by atoms with Crippen LogP contribution in [0.25, 0.3) is 37.7 Å². The summed E-state index contributed by atoms with van der Waals surface area (Å²) >= 11 is 7.42. The number of hydrogen-bond donors (Lipinski definition) is 0. The molecule has 5 rings (SSSR count). The normalized spacial score (nSPS) is 11.2. The van der Waals surface area contributed by atoms with Gasteiger partial charge in [-0.25, -0.2) is 9.97 Å². The van der Waals surface area contributed by atoms with Crippen molar-refractivity contribution in [3.05, 3.63) is 88.7 Å². The molecule has 0 unspecified atom stereocenters. The second-order valence-corrected chi connectivity index (χ2v) is 8.15. The maximum absolute atomic E-state index is 13.1. The zero-order chi connectivity index (χ0) is 20.0. The van der Waals surface area contributed by atoms with Crippen LogP contribution in [0.4, 0.5) is 0 Å². The average Bonchev–Trinajstić information content (AvgIpc) is 3.36. The summed E-state index contributed by atoms with van der Waals surface area (Å²) in [5.41, 5.74) is 3.40. The van der Waals surface area contributed by atoms with Crippen LogP contribution in [0.1, 0.15) is 0 Å². The number of nitrogens with zero attached hydrogens (tertiary/aromatic N) is 4. The van der Waals surface area contributed by atoms with E-state index in [0.717, 1.165) is 27.5 Å². The van der Waals surface area contributed by atoms with Gasteiger partial charge in [-0.3, -0.25) is 9.36 Å². The lowest BCUT2D eigenvalue weighted by Crippen LogP contribution is -2.17. The van der Waals surface area contributed by atoms with Gasteiger partial charge in [0.2, 0.25) is 0 Å². The van der Waals surface area contributed by atoms with E-state index in [1.807, 2.05) is 72.4 Å². The lowest BCUT2D eigenvalue weighted by molar-refractivity contribution is 0.923. The predicted molar refractivity (Wildman–Crippen MR) is 118 cm³/mol. The van der Waals surface area contributed by atoms with E-state index in [-0.39, 0.29) is 5.56 Å². The molecule has 0 N–H and O–H groups in total. The van der Waals surface area contributed by atoms with Crippen LogP contribution in [0.2, 0.25) is 5.02 Å². The maximum atomic E-state index is 13.1. The van der Waals surface area contributed by atoms with Crippen LogP contribution in [0.5, 0.6) is 0 Å². The molecule has 7 heteroatoms. The number of halogens is 1. The van der Waals surface area contributed by atoms with Crippen molar-refractivity contribution in [2.75, 3.05) is 0 Å². The topological polar surface area (TPSA) is 52.7 Å². The number of aryl methyl sites for hydroxylation is 1. The molecule has 0 spiro atoms. The predicted octanol–water partition coefficient (Wildman–Crippen LogP) is 5.17. The number of imidazole rings is 1. The van der Waals surface area contributed by atoms with Crippen LogP contribution < -0.4 is 5.56 Å². The van der Waals surface area contributed by atoms with Gasteiger partial charge in [-0.2, -0.15) is 0 Å². The Morgan fingerprint density at radius 2 is 1.69 bits per heavy atom. The molecule has 3 aromatic heterocycles. The molecule has 0 fully saturated rings. The minimum Gasteiger partial charge on any atom is -0.334 e. The molecular weight excluding hydrogens is 404 g/mol. The van der Waals surface area contributed by atoms with E-state index in [0.29, 0.717) is 15.2 Å². The van der Waals surface area contributed by atoms with Crippen molar-refractivity contribution >= 4 is 33.2 Å². The number of hydrogen-bond acceptors (Lipinski definition) is 4. The van der Waals surface area contributed by atoms with E-state index in [1.54, 1.807) is 17.1 Å². The largest absolute Gasteiger partial charge is 0.334 e. The Hall–Kier alpha value is -3.22. The van der Waals surface area contributed by atoms with Crippen LogP contribution in [-0.4, -0.2) is 19.1 Å². The number of thiophene rings is 1. The Morgan fingerprint density at radius 1 is 0.966 bits per heavy atom. The third-order valence-corrected chi connectivity index (χ3v) is 6.20. The third kappa shape index (κ3) is 3.16. The summed E-state index contributed by atoms with van der Waals surface area (Å²) in [6.07, 6.45) is 5.25. The highest BCUT2D eigenvalue weighted by molar-refractivity contribution is 7.22. The van der Waals surface area contributed by atoms with Crippen LogP contribution in [-0.2, 0) is 7.05 Å². The highest BCUT2D eigenvalue weighted by atomic mass is 35.5. The van der Waals surface area contributed by atoms with E-state index >= 15 is 0 Å². The van der Waals surface area contributed by atoms with Gasteiger partial charge in [-0.1, -0.05) is 23.7 Å². The van der Waals surface area contributed by atoms with Gasteiger partial charge in [0.25, 0.3) is 5.56 Å². The molecule has 0 saturated carbocycles. The van der Waals surface area contributed by atoms with Crippen molar-refractivity contribution in [2.24, 2.45) is 7.05 Å². The Morgan fingerprint density at radius 3 is 2.38 bits per heavy atom. The molecule has 0 saturated heterocycles. The Balaban J connectivity index is 1.55. The SMILES string of the molecule is Cn1ccnc1-c1ccc(-n2cnc3cc(-c4ccc(Cl)cc4)sc3c2=O)cc1. The smallest absolute Gasteiger partial charge is 0.275 e. The van der Waals surface area contributed by atoms with Crippen molar-refractivity contribution in [1.82, 2.24) is 19.1 Å². The summed E-state index contributed by atoms with van der Waals surface area (Å²) in [5, 5.41) is 0.685. The van der Waals surface area contributed by atoms with E-state index < -0.39 is 0 Å². The summed E-state index contributed by atoms with van der Waals surface area (Å²) in [4.78, 5) is 22.9. The van der Waals surface area contributed by atoms with E-state index in [1.165, 1.54) is 11.3 Å².